The zero-order chi connectivity index (χ0) is 19.9. The highest BCUT2D eigenvalue weighted by molar-refractivity contribution is 7.99. The lowest BCUT2D eigenvalue weighted by atomic mass is 9.86. The van der Waals surface area contributed by atoms with Crippen molar-refractivity contribution in [3.63, 3.8) is 0 Å². The van der Waals surface area contributed by atoms with Crippen molar-refractivity contribution in [3.05, 3.63) is 53.1 Å². The summed E-state index contributed by atoms with van der Waals surface area (Å²) < 4.78 is 40.3. The predicted octanol–water partition coefficient (Wildman–Crippen LogP) is 5.25. The van der Waals surface area contributed by atoms with Gasteiger partial charge in [-0.3, -0.25) is 4.79 Å². The lowest BCUT2D eigenvalue weighted by molar-refractivity contribution is -0.137. The number of halogens is 3. The van der Waals surface area contributed by atoms with Crippen molar-refractivity contribution >= 4 is 23.4 Å². The van der Waals surface area contributed by atoms with Crippen LogP contribution in [0.3, 0.4) is 0 Å². The number of benzene rings is 2. The van der Waals surface area contributed by atoms with Crippen LogP contribution >= 0.6 is 11.8 Å². The molecule has 1 amide bonds. The molecule has 2 N–H and O–H groups in total. The van der Waals surface area contributed by atoms with Gasteiger partial charge < -0.3 is 10.4 Å². The third-order valence-corrected chi connectivity index (χ3v) is 6.57. The highest BCUT2D eigenvalue weighted by Gasteiger charge is 2.34. The summed E-state index contributed by atoms with van der Waals surface area (Å²) in [5.74, 6) is -0.693. The van der Waals surface area contributed by atoms with Gasteiger partial charge in [0.05, 0.1) is 11.7 Å². The third kappa shape index (κ3) is 3.91. The largest absolute Gasteiger partial charge is 0.416 e. The standard InChI is InChI=1S/C21H20F3NO2S/c22-21(23,24)14-10-17(25-20(27)13-5-3-6-15(26)8-13)16-9-12-4-1-2-7-18(12)28-19(16)11-14/h1-2,4,7,10-11,13,15,26H,3,5-6,8-9H2,(H,25,27). The van der Waals surface area contributed by atoms with Crippen LogP contribution in [0.25, 0.3) is 0 Å². The molecule has 4 rings (SSSR count). The highest BCUT2D eigenvalue weighted by Crippen LogP contribution is 2.45. The van der Waals surface area contributed by atoms with E-state index in [1.165, 1.54) is 11.8 Å². The van der Waals surface area contributed by atoms with Crippen LogP contribution in [0.1, 0.15) is 42.4 Å². The Morgan fingerprint density at radius 1 is 1.14 bits per heavy atom. The van der Waals surface area contributed by atoms with E-state index in [-0.39, 0.29) is 17.5 Å². The van der Waals surface area contributed by atoms with Gasteiger partial charge in [-0.1, -0.05) is 36.4 Å². The van der Waals surface area contributed by atoms with E-state index in [9.17, 15) is 23.1 Å². The SMILES string of the molecule is O=C(Nc1cc(C(F)(F)F)cc2c1Cc1ccccc1S2)C1CCCC(O)C1. The maximum absolute atomic E-state index is 13.4. The number of nitrogens with one attached hydrogen (secondary N) is 1. The molecule has 1 aliphatic carbocycles. The maximum atomic E-state index is 13.4. The molecule has 1 fully saturated rings. The molecule has 0 aromatic heterocycles. The van der Waals surface area contributed by atoms with Crippen LogP contribution in [0, 0.1) is 5.92 Å². The summed E-state index contributed by atoms with van der Waals surface area (Å²) in [5.41, 5.74) is 1.19. The van der Waals surface area contributed by atoms with E-state index in [1.807, 2.05) is 24.3 Å². The lowest BCUT2D eigenvalue weighted by Gasteiger charge is -2.27. The summed E-state index contributed by atoms with van der Waals surface area (Å²) in [6.45, 7) is 0. The fraction of sp³-hybridized carbons (Fsp3) is 0.381. The molecule has 2 aromatic carbocycles. The zero-order valence-electron chi connectivity index (χ0n) is 15.1. The van der Waals surface area contributed by atoms with Gasteiger partial charge in [-0.2, -0.15) is 13.2 Å². The van der Waals surface area contributed by atoms with Crippen LogP contribution < -0.4 is 5.32 Å². The Labute approximate surface area is 165 Å². The first-order valence-electron chi connectivity index (χ1n) is 9.30. The van der Waals surface area contributed by atoms with Gasteiger partial charge in [0.25, 0.3) is 0 Å². The van der Waals surface area contributed by atoms with Crippen LogP contribution in [0.4, 0.5) is 18.9 Å². The quantitative estimate of drug-likeness (QED) is 0.610. The summed E-state index contributed by atoms with van der Waals surface area (Å²) in [5, 5.41) is 12.6. The van der Waals surface area contributed by atoms with E-state index in [0.717, 1.165) is 29.0 Å². The number of rotatable bonds is 2. The summed E-state index contributed by atoms with van der Waals surface area (Å²) in [7, 11) is 0. The molecule has 148 valence electrons. The van der Waals surface area contributed by atoms with E-state index in [2.05, 4.69) is 5.32 Å². The van der Waals surface area contributed by atoms with Gasteiger partial charge in [-0.15, -0.1) is 0 Å². The van der Waals surface area contributed by atoms with Crippen LogP contribution in [-0.2, 0) is 17.4 Å². The van der Waals surface area contributed by atoms with E-state index >= 15 is 0 Å². The summed E-state index contributed by atoms with van der Waals surface area (Å²) in [4.78, 5) is 14.1. The minimum absolute atomic E-state index is 0.219. The number of amides is 1. The normalized spacial score (nSPS) is 21.6. The Morgan fingerprint density at radius 2 is 1.93 bits per heavy atom. The van der Waals surface area contributed by atoms with Crippen molar-refractivity contribution in [2.75, 3.05) is 5.32 Å². The number of hydrogen-bond acceptors (Lipinski definition) is 3. The Morgan fingerprint density at radius 3 is 2.68 bits per heavy atom. The Balaban J connectivity index is 1.69. The summed E-state index contributed by atoms with van der Waals surface area (Å²) in [6.07, 6.45) is -2.15. The van der Waals surface area contributed by atoms with Gasteiger partial charge in [-0.05, 0) is 48.6 Å². The van der Waals surface area contributed by atoms with Crippen LogP contribution in [0.15, 0.2) is 46.2 Å². The van der Waals surface area contributed by atoms with Gasteiger partial charge in [0.15, 0.2) is 0 Å². The molecule has 0 radical (unpaired) electrons. The van der Waals surface area contributed by atoms with Crippen molar-refractivity contribution in [2.45, 2.75) is 54.2 Å². The Hall–Kier alpha value is -1.99. The summed E-state index contributed by atoms with van der Waals surface area (Å²) >= 11 is 1.30. The first kappa shape index (κ1) is 19.3. The van der Waals surface area contributed by atoms with Gasteiger partial charge in [-0.25, -0.2) is 0 Å². The number of hydrogen-bond donors (Lipinski definition) is 2. The molecule has 2 aliphatic rings. The number of alkyl halides is 3. The van der Waals surface area contributed by atoms with Gasteiger partial charge in [0.1, 0.15) is 0 Å². The molecule has 28 heavy (non-hydrogen) atoms. The molecule has 1 saturated carbocycles. The van der Waals surface area contributed by atoms with Crippen molar-refractivity contribution in [1.29, 1.82) is 0 Å². The van der Waals surface area contributed by atoms with Crippen molar-refractivity contribution in [1.82, 2.24) is 0 Å². The number of fused-ring (bicyclic) bond motifs is 2. The number of anilines is 1. The van der Waals surface area contributed by atoms with E-state index in [4.69, 9.17) is 0 Å². The molecule has 1 heterocycles. The molecule has 7 heteroatoms. The average molecular weight is 407 g/mol. The fourth-order valence-electron chi connectivity index (χ4n) is 3.89. The highest BCUT2D eigenvalue weighted by atomic mass is 32.2. The van der Waals surface area contributed by atoms with E-state index < -0.39 is 17.8 Å². The molecular weight excluding hydrogens is 387 g/mol. The zero-order valence-corrected chi connectivity index (χ0v) is 15.9. The lowest BCUT2D eigenvalue weighted by Crippen LogP contribution is -2.30. The molecule has 3 nitrogen and oxygen atoms in total. The second-order valence-corrected chi connectivity index (χ2v) is 8.48. The van der Waals surface area contributed by atoms with Crippen molar-refractivity contribution in [3.8, 4) is 0 Å². The first-order chi connectivity index (χ1) is 13.3. The second-order valence-electron chi connectivity index (χ2n) is 7.39. The minimum atomic E-state index is -4.49. The van der Waals surface area contributed by atoms with E-state index in [0.29, 0.717) is 36.1 Å². The molecule has 2 atom stereocenters. The summed E-state index contributed by atoms with van der Waals surface area (Å²) in [6, 6.07) is 9.80. The number of aliphatic hydroxyl groups is 1. The fourth-order valence-corrected chi connectivity index (χ4v) is 5.04. The van der Waals surface area contributed by atoms with Crippen molar-refractivity contribution in [2.24, 2.45) is 5.92 Å². The third-order valence-electron chi connectivity index (χ3n) is 5.37. The number of carbonyl (C=O) groups is 1. The van der Waals surface area contributed by atoms with Gasteiger partial charge in [0.2, 0.25) is 5.91 Å². The topological polar surface area (TPSA) is 49.3 Å². The number of aliphatic hydroxyl groups excluding tert-OH is 1. The van der Waals surface area contributed by atoms with E-state index in [1.54, 1.807) is 0 Å². The maximum Gasteiger partial charge on any atom is 0.416 e. The molecule has 0 bridgehead atoms. The molecule has 0 spiro atoms. The van der Waals surface area contributed by atoms with Crippen LogP contribution in [0.2, 0.25) is 0 Å². The Bertz CT molecular complexity index is 913. The van der Waals surface area contributed by atoms with Crippen LogP contribution in [-0.4, -0.2) is 17.1 Å². The minimum Gasteiger partial charge on any atom is -0.393 e. The molecule has 1 aliphatic heterocycles. The van der Waals surface area contributed by atoms with Gasteiger partial charge in [0, 0.05) is 27.8 Å². The second kappa shape index (κ2) is 7.44. The molecule has 2 unspecified atom stereocenters. The predicted molar refractivity (Wildman–Crippen MR) is 101 cm³/mol. The molecular formula is C21H20F3NO2S. The van der Waals surface area contributed by atoms with Crippen molar-refractivity contribution < 1.29 is 23.1 Å². The average Bonchev–Trinajstić information content (AvgIpc) is 2.65. The molecule has 0 saturated heterocycles. The van der Waals surface area contributed by atoms with Gasteiger partial charge >= 0.3 is 6.18 Å². The first-order valence-corrected chi connectivity index (χ1v) is 10.1. The Kier molecular flexibility index (Phi) is 5.14. The number of carbonyl (C=O) groups excluding carboxylic acids is 1. The smallest absolute Gasteiger partial charge is 0.393 e. The molecule has 2 aromatic rings. The van der Waals surface area contributed by atoms with Crippen LogP contribution in [0.5, 0.6) is 0 Å². The monoisotopic (exact) mass is 407 g/mol.